The Hall–Kier alpha value is -1.77. The number of benzene rings is 1. The van der Waals surface area contributed by atoms with Gasteiger partial charge in [0.2, 0.25) is 0 Å². The lowest BCUT2D eigenvalue weighted by molar-refractivity contribution is -0.137. The molecule has 0 unspecified atom stereocenters. The summed E-state index contributed by atoms with van der Waals surface area (Å²) < 4.78 is 5.66. The van der Waals surface area contributed by atoms with E-state index in [1.165, 1.54) is 49.7 Å². The van der Waals surface area contributed by atoms with Gasteiger partial charge in [-0.3, -0.25) is 4.79 Å². The van der Waals surface area contributed by atoms with Gasteiger partial charge in [0.1, 0.15) is 5.75 Å². The van der Waals surface area contributed by atoms with Crippen molar-refractivity contribution >= 4 is 11.5 Å². The summed E-state index contributed by atoms with van der Waals surface area (Å²) in [5, 5.41) is 8.58. The molecule has 1 N–H and O–H groups in total. The molecule has 0 saturated carbocycles. The fourth-order valence-electron chi connectivity index (χ4n) is 2.79. The van der Waals surface area contributed by atoms with Crippen LogP contribution >= 0.6 is 0 Å². The first-order valence-electron chi connectivity index (χ1n) is 8.40. The number of hydrogen-bond acceptors (Lipinski definition) is 2. The number of rotatable bonds is 7. The van der Waals surface area contributed by atoms with Crippen LogP contribution in [0.1, 0.15) is 63.4 Å². The SMILES string of the molecule is O=C(O)CCCCOc1ccc(C2=CCCCCCC2)cc1. The molecular formula is C19H26O3. The number of carboxylic acid groups (broad SMARTS) is 1. The molecule has 2 rings (SSSR count). The van der Waals surface area contributed by atoms with E-state index in [0.717, 1.165) is 12.2 Å². The number of carboxylic acids is 1. The van der Waals surface area contributed by atoms with Crippen LogP contribution in [0.3, 0.4) is 0 Å². The third-order valence-corrected chi connectivity index (χ3v) is 4.07. The van der Waals surface area contributed by atoms with Crippen molar-refractivity contribution in [1.82, 2.24) is 0 Å². The van der Waals surface area contributed by atoms with Gasteiger partial charge < -0.3 is 9.84 Å². The van der Waals surface area contributed by atoms with Crippen LogP contribution in [0.25, 0.3) is 5.57 Å². The zero-order valence-corrected chi connectivity index (χ0v) is 13.2. The quantitative estimate of drug-likeness (QED) is 0.716. The maximum Gasteiger partial charge on any atom is 0.303 e. The number of ether oxygens (including phenoxy) is 1. The lowest BCUT2D eigenvalue weighted by Gasteiger charge is -2.12. The van der Waals surface area contributed by atoms with Gasteiger partial charge in [-0.15, -0.1) is 0 Å². The van der Waals surface area contributed by atoms with Gasteiger partial charge in [-0.1, -0.05) is 31.1 Å². The van der Waals surface area contributed by atoms with E-state index in [-0.39, 0.29) is 6.42 Å². The molecule has 0 heterocycles. The molecule has 0 fully saturated rings. The smallest absolute Gasteiger partial charge is 0.303 e. The van der Waals surface area contributed by atoms with Gasteiger partial charge >= 0.3 is 5.97 Å². The predicted molar refractivity (Wildman–Crippen MR) is 89.1 cm³/mol. The van der Waals surface area contributed by atoms with Gasteiger partial charge in [0, 0.05) is 6.42 Å². The van der Waals surface area contributed by atoms with Crippen LogP contribution in [0.15, 0.2) is 30.3 Å². The minimum Gasteiger partial charge on any atom is -0.494 e. The van der Waals surface area contributed by atoms with Crippen molar-refractivity contribution in [2.24, 2.45) is 0 Å². The summed E-state index contributed by atoms with van der Waals surface area (Å²) >= 11 is 0. The normalized spacial score (nSPS) is 15.5. The monoisotopic (exact) mass is 302 g/mol. The number of allylic oxidation sites excluding steroid dienone is 2. The van der Waals surface area contributed by atoms with Crippen LogP contribution in [-0.2, 0) is 4.79 Å². The summed E-state index contributed by atoms with van der Waals surface area (Å²) in [6.07, 6.45) is 11.7. The Balaban J connectivity index is 1.80. The van der Waals surface area contributed by atoms with Crippen molar-refractivity contribution in [3.63, 3.8) is 0 Å². The molecular weight excluding hydrogens is 276 g/mol. The highest BCUT2D eigenvalue weighted by Gasteiger charge is 2.05. The number of unbranched alkanes of at least 4 members (excludes halogenated alkanes) is 1. The fourth-order valence-corrected chi connectivity index (χ4v) is 2.79. The minimum atomic E-state index is -0.739. The zero-order valence-electron chi connectivity index (χ0n) is 13.2. The Morgan fingerprint density at radius 3 is 2.59 bits per heavy atom. The minimum absolute atomic E-state index is 0.219. The highest BCUT2D eigenvalue weighted by molar-refractivity contribution is 5.66. The van der Waals surface area contributed by atoms with Crippen molar-refractivity contribution in [1.29, 1.82) is 0 Å². The van der Waals surface area contributed by atoms with Crippen molar-refractivity contribution in [2.75, 3.05) is 6.61 Å². The topological polar surface area (TPSA) is 46.5 Å². The van der Waals surface area contributed by atoms with Crippen LogP contribution in [-0.4, -0.2) is 17.7 Å². The second kappa shape index (κ2) is 9.29. The molecule has 0 spiro atoms. The Morgan fingerprint density at radius 1 is 1.05 bits per heavy atom. The average Bonchev–Trinajstić information content (AvgIpc) is 2.47. The average molecular weight is 302 g/mol. The van der Waals surface area contributed by atoms with Gasteiger partial charge in [-0.25, -0.2) is 0 Å². The summed E-state index contributed by atoms with van der Waals surface area (Å²) in [5.74, 6) is 0.127. The Labute approximate surface area is 133 Å². The van der Waals surface area contributed by atoms with E-state index >= 15 is 0 Å². The number of aliphatic carboxylic acids is 1. The molecule has 1 aromatic carbocycles. The molecule has 3 nitrogen and oxygen atoms in total. The number of hydrogen-bond donors (Lipinski definition) is 1. The molecule has 1 aliphatic carbocycles. The van der Waals surface area contributed by atoms with Crippen molar-refractivity contribution in [3.8, 4) is 5.75 Å². The molecule has 0 aromatic heterocycles. The molecule has 0 bridgehead atoms. The molecule has 0 atom stereocenters. The molecule has 120 valence electrons. The summed E-state index contributed by atoms with van der Waals surface area (Å²) in [4.78, 5) is 10.4. The summed E-state index contributed by atoms with van der Waals surface area (Å²) in [6, 6.07) is 8.32. The maximum absolute atomic E-state index is 10.4. The number of carbonyl (C=O) groups is 1. The second-order valence-electron chi connectivity index (χ2n) is 5.91. The first-order chi connectivity index (χ1) is 10.8. The van der Waals surface area contributed by atoms with Gasteiger partial charge in [-0.2, -0.15) is 0 Å². The highest BCUT2D eigenvalue weighted by Crippen LogP contribution is 2.26. The van der Waals surface area contributed by atoms with E-state index in [9.17, 15) is 4.79 Å². The highest BCUT2D eigenvalue weighted by atomic mass is 16.5. The van der Waals surface area contributed by atoms with Crippen molar-refractivity contribution in [2.45, 2.75) is 57.8 Å². The van der Waals surface area contributed by atoms with Crippen molar-refractivity contribution in [3.05, 3.63) is 35.9 Å². The molecule has 1 aromatic rings. The van der Waals surface area contributed by atoms with Crippen LogP contribution in [0, 0.1) is 0 Å². The fraction of sp³-hybridized carbons (Fsp3) is 0.526. The van der Waals surface area contributed by atoms with E-state index in [4.69, 9.17) is 9.84 Å². The van der Waals surface area contributed by atoms with Gasteiger partial charge in [-0.05, 0) is 61.8 Å². The first-order valence-corrected chi connectivity index (χ1v) is 8.40. The van der Waals surface area contributed by atoms with E-state index in [1.54, 1.807) is 0 Å². The third-order valence-electron chi connectivity index (χ3n) is 4.07. The molecule has 1 aliphatic rings. The van der Waals surface area contributed by atoms with Crippen LogP contribution in [0.4, 0.5) is 0 Å². The predicted octanol–water partition coefficient (Wildman–Crippen LogP) is 5.06. The third kappa shape index (κ3) is 5.92. The summed E-state index contributed by atoms with van der Waals surface area (Å²) in [5.41, 5.74) is 2.77. The maximum atomic E-state index is 10.4. The van der Waals surface area contributed by atoms with E-state index in [2.05, 4.69) is 18.2 Å². The van der Waals surface area contributed by atoms with Crippen LogP contribution in [0.5, 0.6) is 5.75 Å². The molecule has 22 heavy (non-hydrogen) atoms. The molecule has 0 radical (unpaired) electrons. The molecule has 3 heteroatoms. The molecule has 0 saturated heterocycles. The van der Waals surface area contributed by atoms with Gasteiger partial charge in [0.05, 0.1) is 6.61 Å². The lowest BCUT2D eigenvalue weighted by Crippen LogP contribution is -2.00. The van der Waals surface area contributed by atoms with Gasteiger partial charge in [0.25, 0.3) is 0 Å². The summed E-state index contributed by atoms with van der Waals surface area (Å²) in [7, 11) is 0. The first kappa shape index (κ1) is 16.6. The Morgan fingerprint density at radius 2 is 1.82 bits per heavy atom. The van der Waals surface area contributed by atoms with E-state index in [1.807, 2.05) is 12.1 Å². The van der Waals surface area contributed by atoms with E-state index in [0.29, 0.717) is 13.0 Å². The molecule has 0 aliphatic heterocycles. The van der Waals surface area contributed by atoms with Gasteiger partial charge in [0.15, 0.2) is 0 Å². The largest absolute Gasteiger partial charge is 0.494 e. The Kier molecular flexibility index (Phi) is 7.01. The van der Waals surface area contributed by atoms with Crippen LogP contribution in [0.2, 0.25) is 0 Å². The zero-order chi connectivity index (χ0) is 15.6. The standard InChI is InChI=1S/C19H26O3/c20-19(21)10-6-7-15-22-18-13-11-17(12-14-18)16-8-4-2-1-3-5-9-16/h8,11-14H,1-7,9-10,15H2,(H,20,21). The second-order valence-corrected chi connectivity index (χ2v) is 5.91. The summed E-state index contributed by atoms with van der Waals surface area (Å²) in [6.45, 7) is 0.579. The van der Waals surface area contributed by atoms with Crippen molar-refractivity contribution < 1.29 is 14.6 Å². The lowest BCUT2D eigenvalue weighted by atomic mass is 9.95. The molecule has 0 amide bonds. The Bertz CT molecular complexity index is 488. The van der Waals surface area contributed by atoms with E-state index < -0.39 is 5.97 Å². The van der Waals surface area contributed by atoms with Crippen LogP contribution < -0.4 is 4.74 Å².